The van der Waals surface area contributed by atoms with E-state index in [9.17, 15) is 0 Å². The number of benzene rings is 1. The van der Waals surface area contributed by atoms with Gasteiger partial charge in [0.1, 0.15) is 5.01 Å². The Morgan fingerprint density at radius 3 is 2.63 bits per heavy atom. The second kappa shape index (κ2) is 6.68. The van der Waals surface area contributed by atoms with Gasteiger partial charge in [-0.25, -0.2) is 4.98 Å². The topological polar surface area (TPSA) is 28.2 Å². The molecule has 19 heavy (non-hydrogen) atoms. The molecule has 0 bridgehead atoms. The fraction of sp³-hybridized carbons (Fsp3) is 0.400. The fourth-order valence-corrected chi connectivity index (χ4v) is 2.76. The van der Waals surface area contributed by atoms with Crippen molar-refractivity contribution >= 4 is 17.0 Å². The smallest absolute Gasteiger partial charge is 0.107 e. The summed E-state index contributed by atoms with van der Waals surface area (Å²) in [5, 5.41) is 6.78. The Morgan fingerprint density at radius 2 is 1.95 bits per heavy atom. The molecule has 1 N–H and O–H groups in total. The average Bonchev–Trinajstić information content (AvgIpc) is 2.78. The minimum atomic E-state index is 0.925. The SMILES string of the molecule is Cc1ccc(NCCc2csc(CN(C)C)n2)cc1. The van der Waals surface area contributed by atoms with Crippen LogP contribution >= 0.6 is 11.3 Å². The molecular formula is C15H21N3S. The predicted molar refractivity (Wildman–Crippen MR) is 82.9 cm³/mol. The number of thiazole rings is 1. The van der Waals surface area contributed by atoms with Crippen molar-refractivity contribution in [3.05, 3.63) is 45.9 Å². The molecular weight excluding hydrogens is 254 g/mol. The summed E-state index contributed by atoms with van der Waals surface area (Å²) in [6.07, 6.45) is 0.970. The van der Waals surface area contributed by atoms with E-state index in [0.29, 0.717) is 0 Å². The summed E-state index contributed by atoms with van der Waals surface area (Å²) < 4.78 is 0. The minimum absolute atomic E-state index is 0.925. The van der Waals surface area contributed by atoms with Gasteiger partial charge in [0.2, 0.25) is 0 Å². The van der Waals surface area contributed by atoms with Crippen molar-refractivity contribution in [3.8, 4) is 0 Å². The van der Waals surface area contributed by atoms with E-state index in [0.717, 1.165) is 19.5 Å². The number of rotatable bonds is 6. The molecule has 0 unspecified atom stereocenters. The zero-order chi connectivity index (χ0) is 13.7. The van der Waals surface area contributed by atoms with Crippen molar-refractivity contribution in [2.45, 2.75) is 19.9 Å². The van der Waals surface area contributed by atoms with E-state index in [2.05, 4.69) is 65.9 Å². The van der Waals surface area contributed by atoms with Crippen LogP contribution in [0, 0.1) is 6.92 Å². The third-order valence-electron chi connectivity index (χ3n) is 2.81. The van der Waals surface area contributed by atoms with Crippen LogP contribution < -0.4 is 5.32 Å². The first kappa shape index (κ1) is 14.0. The van der Waals surface area contributed by atoms with Crippen LogP contribution in [0.3, 0.4) is 0 Å². The van der Waals surface area contributed by atoms with Crippen molar-refractivity contribution in [2.24, 2.45) is 0 Å². The summed E-state index contributed by atoms with van der Waals surface area (Å²) in [5.74, 6) is 0. The van der Waals surface area contributed by atoms with Gasteiger partial charge in [0.05, 0.1) is 5.69 Å². The lowest BCUT2D eigenvalue weighted by Crippen LogP contribution is -2.10. The minimum Gasteiger partial charge on any atom is -0.385 e. The number of anilines is 1. The van der Waals surface area contributed by atoms with E-state index in [4.69, 9.17) is 0 Å². The Balaban J connectivity index is 1.79. The first-order valence-corrected chi connectivity index (χ1v) is 7.40. The molecule has 0 radical (unpaired) electrons. The normalized spacial score (nSPS) is 10.9. The maximum absolute atomic E-state index is 4.63. The van der Waals surface area contributed by atoms with Crippen molar-refractivity contribution in [1.82, 2.24) is 9.88 Å². The van der Waals surface area contributed by atoms with Crippen molar-refractivity contribution in [2.75, 3.05) is 26.0 Å². The summed E-state index contributed by atoms with van der Waals surface area (Å²) in [7, 11) is 4.14. The largest absolute Gasteiger partial charge is 0.385 e. The highest BCUT2D eigenvalue weighted by atomic mass is 32.1. The Bertz CT molecular complexity index is 502. The zero-order valence-corrected chi connectivity index (χ0v) is 12.6. The summed E-state index contributed by atoms with van der Waals surface area (Å²) in [5.41, 5.74) is 3.65. The Kier molecular flexibility index (Phi) is 4.93. The van der Waals surface area contributed by atoms with E-state index in [1.165, 1.54) is 22.0 Å². The fourth-order valence-electron chi connectivity index (χ4n) is 1.81. The van der Waals surface area contributed by atoms with E-state index in [1.807, 2.05) is 0 Å². The van der Waals surface area contributed by atoms with E-state index in [-0.39, 0.29) is 0 Å². The standard InChI is InChI=1S/C15H21N3S/c1-12-4-6-13(7-5-12)16-9-8-14-11-19-15(17-14)10-18(2)3/h4-7,11,16H,8-10H2,1-3H3. The number of aromatic nitrogens is 1. The van der Waals surface area contributed by atoms with Crippen LogP contribution in [-0.2, 0) is 13.0 Å². The monoisotopic (exact) mass is 275 g/mol. The Morgan fingerprint density at radius 1 is 1.21 bits per heavy atom. The van der Waals surface area contributed by atoms with Crippen LogP contribution in [0.15, 0.2) is 29.6 Å². The first-order valence-electron chi connectivity index (χ1n) is 6.52. The summed E-state index contributed by atoms with van der Waals surface area (Å²) in [6, 6.07) is 8.49. The molecule has 2 aromatic rings. The number of nitrogens with zero attached hydrogens (tertiary/aromatic N) is 2. The van der Waals surface area contributed by atoms with E-state index >= 15 is 0 Å². The number of hydrogen-bond acceptors (Lipinski definition) is 4. The molecule has 3 nitrogen and oxygen atoms in total. The van der Waals surface area contributed by atoms with Gasteiger partial charge in [0.15, 0.2) is 0 Å². The molecule has 1 aromatic carbocycles. The molecule has 2 rings (SSSR count). The molecule has 0 saturated heterocycles. The molecule has 0 amide bonds. The molecule has 1 aromatic heterocycles. The highest BCUT2D eigenvalue weighted by Gasteiger charge is 2.03. The van der Waals surface area contributed by atoms with Crippen LogP contribution in [0.5, 0.6) is 0 Å². The molecule has 0 aliphatic rings. The molecule has 0 saturated carbocycles. The summed E-state index contributed by atoms with van der Waals surface area (Å²) in [4.78, 5) is 6.78. The molecule has 4 heteroatoms. The van der Waals surface area contributed by atoms with Gasteiger partial charge in [-0.3, -0.25) is 0 Å². The quantitative estimate of drug-likeness (QED) is 0.877. The summed E-state index contributed by atoms with van der Waals surface area (Å²) >= 11 is 1.75. The predicted octanol–water partition coefficient (Wildman–Crippen LogP) is 3.17. The van der Waals surface area contributed by atoms with Crippen LogP contribution in [0.4, 0.5) is 5.69 Å². The molecule has 102 valence electrons. The van der Waals surface area contributed by atoms with Crippen molar-refractivity contribution in [1.29, 1.82) is 0 Å². The lowest BCUT2D eigenvalue weighted by Gasteiger charge is -2.06. The molecule has 0 atom stereocenters. The number of hydrogen-bond donors (Lipinski definition) is 1. The highest BCUT2D eigenvalue weighted by Crippen LogP contribution is 2.13. The van der Waals surface area contributed by atoms with Gasteiger partial charge >= 0.3 is 0 Å². The lowest BCUT2D eigenvalue weighted by atomic mass is 10.2. The Hall–Kier alpha value is -1.39. The number of aryl methyl sites for hydroxylation is 1. The third-order valence-corrected chi connectivity index (χ3v) is 3.70. The van der Waals surface area contributed by atoms with Crippen LogP contribution in [0.2, 0.25) is 0 Å². The van der Waals surface area contributed by atoms with Crippen molar-refractivity contribution in [3.63, 3.8) is 0 Å². The maximum Gasteiger partial charge on any atom is 0.107 e. The molecule has 0 spiro atoms. The molecule has 1 heterocycles. The molecule has 0 aliphatic carbocycles. The summed E-state index contributed by atoms with van der Waals surface area (Å²) in [6.45, 7) is 3.95. The van der Waals surface area contributed by atoms with Gasteiger partial charge < -0.3 is 10.2 Å². The average molecular weight is 275 g/mol. The molecule has 0 fully saturated rings. The number of nitrogens with one attached hydrogen (secondary N) is 1. The van der Waals surface area contributed by atoms with Crippen LogP contribution in [0.25, 0.3) is 0 Å². The third kappa shape index (κ3) is 4.65. The Labute approximate surface area is 119 Å². The van der Waals surface area contributed by atoms with Crippen molar-refractivity contribution < 1.29 is 0 Å². The van der Waals surface area contributed by atoms with Crippen LogP contribution in [-0.4, -0.2) is 30.5 Å². The highest BCUT2D eigenvalue weighted by molar-refractivity contribution is 7.09. The van der Waals surface area contributed by atoms with E-state index < -0.39 is 0 Å². The van der Waals surface area contributed by atoms with Gasteiger partial charge in [-0.05, 0) is 33.2 Å². The molecule has 0 aliphatic heterocycles. The van der Waals surface area contributed by atoms with Gasteiger partial charge in [-0.2, -0.15) is 0 Å². The van der Waals surface area contributed by atoms with Gasteiger partial charge in [-0.1, -0.05) is 17.7 Å². The van der Waals surface area contributed by atoms with Crippen LogP contribution in [0.1, 0.15) is 16.3 Å². The second-order valence-corrected chi connectivity index (χ2v) is 5.96. The zero-order valence-electron chi connectivity index (χ0n) is 11.8. The first-order chi connectivity index (χ1) is 9.13. The van der Waals surface area contributed by atoms with Gasteiger partial charge in [0.25, 0.3) is 0 Å². The maximum atomic E-state index is 4.63. The van der Waals surface area contributed by atoms with Gasteiger partial charge in [-0.15, -0.1) is 11.3 Å². The second-order valence-electron chi connectivity index (χ2n) is 5.01. The van der Waals surface area contributed by atoms with Gasteiger partial charge in [0, 0.05) is 30.6 Å². The van der Waals surface area contributed by atoms with E-state index in [1.54, 1.807) is 11.3 Å². The lowest BCUT2D eigenvalue weighted by molar-refractivity contribution is 0.401.